The molecule has 0 bridgehead atoms. The summed E-state index contributed by atoms with van der Waals surface area (Å²) in [6, 6.07) is 6.61. The van der Waals surface area contributed by atoms with Gasteiger partial charge in [-0.15, -0.1) is 11.3 Å². The fraction of sp³-hybridized carbons (Fsp3) is 0.200. The second kappa shape index (κ2) is 5.70. The minimum atomic E-state index is -3.26. The Kier molecular flexibility index (Phi) is 3.99. The van der Waals surface area contributed by atoms with E-state index >= 15 is 0 Å². The van der Waals surface area contributed by atoms with Crippen molar-refractivity contribution in [2.75, 3.05) is 11.6 Å². The van der Waals surface area contributed by atoms with E-state index in [1.54, 1.807) is 12.1 Å². The molecule has 0 atom stereocenters. The monoisotopic (exact) mass is 366 g/mol. The molecule has 0 saturated heterocycles. The van der Waals surface area contributed by atoms with E-state index in [0.29, 0.717) is 15.5 Å². The highest BCUT2D eigenvalue weighted by molar-refractivity contribution is 7.90. The number of anilines is 1. The summed E-state index contributed by atoms with van der Waals surface area (Å²) in [6.07, 6.45) is 1.17. The van der Waals surface area contributed by atoms with E-state index in [0.717, 1.165) is 15.1 Å². The second-order valence-electron chi connectivity index (χ2n) is 5.22. The number of carbonyl (C=O) groups is 1. The molecule has 1 amide bonds. The van der Waals surface area contributed by atoms with Crippen LogP contribution in [0.1, 0.15) is 20.1 Å². The number of rotatable bonds is 3. The molecule has 0 aliphatic rings. The quantitative estimate of drug-likeness (QED) is 0.768. The average molecular weight is 366 g/mol. The predicted octanol–water partition coefficient (Wildman–Crippen LogP) is 3.63. The van der Waals surface area contributed by atoms with Crippen LogP contribution in [0.25, 0.3) is 10.2 Å². The number of hydrogen-bond donors (Lipinski definition) is 1. The normalized spacial score (nSPS) is 11.8. The van der Waals surface area contributed by atoms with Crippen LogP contribution in [0.15, 0.2) is 29.2 Å². The minimum Gasteiger partial charge on any atom is -0.297 e. The van der Waals surface area contributed by atoms with E-state index in [9.17, 15) is 13.2 Å². The lowest BCUT2D eigenvalue weighted by atomic mass is 10.3. The molecule has 120 valence electrons. The number of amides is 1. The third-order valence-corrected chi connectivity index (χ3v) is 6.59. The molecule has 0 aliphatic carbocycles. The van der Waals surface area contributed by atoms with Crippen LogP contribution >= 0.6 is 22.7 Å². The lowest BCUT2D eigenvalue weighted by Gasteiger charge is -1.97. The van der Waals surface area contributed by atoms with E-state index < -0.39 is 9.84 Å². The Labute approximate surface area is 141 Å². The van der Waals surface area contributed by atoms with Crippen molar-refractivity contribution in [2.24, 2.45) is 0 Å². The Balaban J connectivity index is 1.90. The smallest absolute Gasteiger partial charge is 0.267 e. The second-order valence-corrected chi connectivity index (χ2v) is 9.53. The van der Waals surface area contributed by atoms with Gasteiger partial charge in [0.15, 0.2) is 15.0 Å². The molecule has 1 aromatic carbocycles. The Morgan fingerprint density at radius 1 is 1.17 bits per heavy atom. The highest BCUT2D eigenvalue weighted by Crippen LogP contribution is 2.29. The summed E-state index contributed by atoms with van der Waals surface area (Å²) in [7, 11) is -3.26. The molecule has 3 rings (SSSR count). The maximum Gasteiger partial charge on any atom is 0.267 e. The number of aryl methyl sites for hydroxylation is 2. The van der Waals surface area contributed by atoms with Crippen molar-refractivity contribution in [3.63, 3.8) is 0 Å². The number of thiophene rings is 1. The number of carbonyl (C=O) groups excluding carboxylic acids is 1. The minimum absolute atomic E-state index is 0.200. The maximum absolute atomic E-state index is 12.3. The van der Waals surface area contributed by atoms with Gasteiger partial charge in [0.1, 0.15) is 0 Å². The largest absolute Gasteiger partial charge is 0.297 e. The molecule has 8 heteroatoms. The third kappa shape index (κ3) is 3.29. The lowest BCUT2D eigenvalue weighted by Crippen LogP contribution is -2.09. The average Bonchev–Trinajstić information content (AvgIpc) is 3.00. The fourth-order valence-corrected chi connectivity index (χ4v) is 4.58. The Morgan fingerprint density at radius 2 is 1.91 bits per heavy atom. The summed E-state index contributed by atoms with van der Waals surface area (Å²) in [5.74, 6) is -0.200. The van der Waals surface area contributed by atoms with Crippen molar-refractivity contribution >= 4 is 53.8 Å². The Hall–Kier alpha value is -1.77. The van der Waals surface area contributed by atoms with E-state index in [4.69, 9.17) is 0 Å². The number of aromatic nitrogens is 1. The van der Waals surface area contributed by atoms with Crippen molar-refractivity contribution in [2.45, 2.75) is 18.7 Å². The number of fused-ring (bicyclic) bond motifs is 1. The van der Waals surface area contributed by atoms with Crippen LogP contribution in [-0.4, -0.2) is 25.6 Å². The van der Waals surface area contributed by atoms with Gasteiger partial charge in [-0.2, -0.15) is 0 Å². The topological polar surface area (TPSA) is 76.1 Å². The van der Waals surface area contributed by atoms with Gasteiger partial charge in [0.05, 0.1) is 20.0 Å². The van der Waals surface area contributed by atoms with Gasteiger partial charge in [-0.25, -0.2) is 13.4 Å². The summed E-state index contributed by atoms with van der Waals surface area (Å²) in [6.45, 7) is 3.94. The third-order valence-electron chi connectivity index (χ3n) is 3.40. The number of nitrogens with one attached hydrogen (secondary N) is 1. The van der Waals surface area contributed by atoms with Crippen LogP contribution in [0, 0.1) is 13.8 Å². The van der Waals surface area contributed by atoms with Gasteiger partial charge in [-0.05, 0) is 43.7 Å². The van der Waals surface area contributed by atoms with Crippen LogP contribution in [0.4, 0.5) is 5.13 Å². The first-order chi connectivity index (χ1) is 10.7. The van der Waals surface area contributed by atoms with Crippen molar-refractivity contribution in [1.29, 1.82) is 0 Å². The Morgan fingerprint density at radius 3 is 2.52 bits per heavy atom. The van der Waals surface area contributed by atoms with E-state index in [2.05, 4.69) is 10.3 Å². The van der Waals surface area contributed by atoms with Crippen LogP contribution in [-0.2, 0) is 9.84 Å². The highest BCUT2D eigenvalue weighted by Gasteiger charge is 2.14. The fourth-order valence-electron chi connectivity index (χ4n) is 2.03. The summed E-state index contributed by atoms with van der Waals surface area (Å²) in [5, 5.41) is 3.23. The van der Waals surface area contributed by atoms with Gasteiger partial charge in [0.25, 0.3) is 5.91 Å². The molecule has 23 heavy (non-hydrogen) atoms. The highest BCUT2D eigenvalue weighted by atomic mass is 32.2. The zero-order valence-electron chi connectivity index (χ0n) is 12.7. The van der Waals surface area contributed by atoms with Gasteiger partial charge in [-0.3, -0.25) is 10.1 Å². The molecule has 5 nitrogen and oxygen atoms in total. The first kappa shape index (κ1) is 16.1. The number of sulfone groups is 1. The number of benzene rings is 1. The molecule has 0 spiro atoms. The first-order valence-corrected chi connectivity index (χ1v) is 10.3. The molecular formula is C15H14N2O3S3. The summed E-state index contributed by atoms with van der Waals surface area (Å²) >= 11 is 2.70. The first-order valence-electron chi connectivity index (χ1n) is 6.73. The molecule has 0 saturated carbocycles. The van der Waals surface area contributed by atoms with E-state index in [1.807, 2.05) is 19.9 Å². The summed E-state index contributed by atoms with van der Waals surface area (Å²) < 4.78 is 23.9. The zero-order chi connectivity index (χ0) is 16.8. The number of thiazole rings is 1. The number of hydrogen-bond acceptors (Lipinski definition) is 6. The number of nitrogens with zero attached hydrogens (tertiary/aromatic N) is 1. The molecule has 1 N–H and O–H groups in total. The zero-order valence-corrected chi connectivity index (χ0v) is 15.2. The van der Waals surface area contributed by atoms with E-state index in [1.165, 1.54) is 35.0 Å². The van der Waals surface area contributed by atoms with Crippen molar-refractivity contribution in [3.8, 4) is 0 Å². The van der Waals surface area contributed by atoms with Crippen LogP contribution in [0.2, 0.25) is 0 Å². The molecule has 0 radical (unpaired) electrons. The molecule has 0 unspecified atom stereocenters. The molecule has 0 aliphatic heterocycles. The molecule has 0 fully saturated rings. The van der Waals surface area contributed by atoms with E-state index in [-0.39, 0.29) is 10.8 Å². The van der Waals surface area contributed by atoms with Gasteiger partial charge in [0, 0.05) is 11.1 Å². The van der Waals surface area contributed by atoms with Gasteiger partial charge in [0.2, 0.25) is 0 Å². The summed E-state index contributed by atoms with van der Waals surface area (Å²) in [5.41, 5.74) is 1.75. The van der Waals surface area contributed by atoms with Gasteiger partial charge < -0.3 is 0 Å². The van der Waals surface area contributed by atoms with Gasteiger partial charge >= 0.3 is 0 Å². The van der Waals surface area contributed by atoms with Crippen LogP contribution in [0.3, 0.4) is 0 Å². The van der Waals surface area contributed by atoms with Gasteiger partial charge in [-0.1, -0.05) is 11.3 Å². The Bertz CT molecular complexity index is 996. The standard InChI is InChI=1S/C15H14N2O3S3/c1-8-6-13(21-9(8)2)14(18)17-15-16-11-5-4-10(23(3,19)20)7-12(11)22-15/h4-7H,1-3H3,(H,16,17,18). The van der Waals surface area contributed by atoms with Crippen molar-refractivity contribution in [1.82, 2.24) is 4.98 Å². The van der Waals surface area contributed by atoms with Crippen molar-refractivity contribution in [3.05, 3.63) is 39.6 Å². The lowest BCUT2D eigenvalue weighted by molar-refractivity contribution is 0.103. The predicted molar refractivity (Wildman–Crippen MR) is 94.5 cm³/mol. The molecular weight excluding hydrogens is 352 g/mol. The SMILES string of the molecule is Cc1cc(C(=O)Nc2nc3ccc(S(C)(=O)=O)cc3s2)sc1C. The van der Waals surface area contributed by atoms with Crippen molar-refractivity contribution < 1.29 is 13.2 Å². The maximum atomic E-state index is 12.3. The molecule has 2 heterocycles. The van der Waals surface area contributed by atoms with Crippen LogP contribution < -0.4 is 5.32 Å². The van der Waals surface area contributed by atoms with Crippen LogP contribution in [0.5, 0.6) is 0 Å². The summed E-state index contributed by atoms with van der Waals surface area (Å²) in [4.78, 5) is 18.6. The molecule has 2 aromatic heterocycles. The molecule has 3 aromatic rings.